The summed E-state index contributed by atoms with van der Waals surface area (Å²) < 4.78 is 18.4. The van der Waals surface area contributed by atoms with Crippen molar-refractivity contribution in [2.45, 2.75) is 13.5 Å². The fourth-order valence-corrected chi connectivity index (χ4v) is 1.86. The second kappa shape index (κ2) is 5.14. The third kappa shape index (κ3) is 2.93. The molecule has 19 heavy (non-hydrogen) atoms. The molecule has 1 heterocycles. The van der Waals surface area contributed by atoms with Crippen molar-refractivity contribution in [2.75, 3.05) is 12.8 Å². The van der Waals surface area contributed by atoms with Crippen LogP contribution in [0.4, 0.5) is 10.1 Å². The number of anilines is 1. The van der Waals surface area contributed by atoms with Gasteiger partial charge in [-0.3, -0.25) is 4.79 Å². The number of carbonyl (C=O) groups is 1. The van der Waals surface area contributed by atoms with Crippen LogP contribution in [0.25, 0.3) is 0 Å². The fourth-order valence-electron chi connectivity index (χ4n) is 1.86. The molecule has 5 heteroatoms. The summed E-state index contributed by atoms with van der Waals surface area (Å²) in [5.74, 6) is -0.0403. The molecule has 0 aliphatic heterocycles. The van der Waals surface area contributed by atoms with Gasteiger partial charge in [0.15, 0.2) is 0 Å². The lowest BCUT2D eigenvalue weighted by Gasteiger charge is -2.17. The lowest BCUT2D eigenvalue weighted by Crippen LogP contribution is -2.26. The Morgan fingerprint density at radius 2 is 2.16 bits per heavy atom. The van der Waals surface area contributed by atoms with Gasteiger partial charge >= 0.3 is 0 Å². The summed E-state index contributed by atoms with van der Waals surface area (Å²) in [5.41, 5.74) is 6.92. The maximum Gasteiger partial charge on any atom is 0.254 e. The van der Waals surface area contributed by atoms with E-state index in [1.807, 2.05) is 6.92 Å². The van der Waals surface area contributed by atoms with Crippen molar-refractivity contribution >= 4 is 11.6 Å². The molecular formula is C14H15FN2O2. The van der Waals surface area contributed by atoms with Crippen LogP contribution in [0.1, 0.15) is 21.7 Å². The summed E-state index contributed by atoms with van der Waals surface area (Å²) in [4.78, 5) is 13.7. The third-order valence-electron chi connectivity index (χ3n) is 2.89. The van der Waals surface area contributed by atoms with Crippen LogP contribution in [0.3, 0.4) is 0 Å². The molecule has 0 spiro atoms. The van der Waals surface area contributed by atoms with Gasteiger partial charge in [0.1, 0.15) is 11.6 Å². The molecule has 0 fully saturated rings. The molecule has 2 N–H and O–H groups in total. The van der Waals surface area contributed by atoms with Crippen molar-refractivity contribution in [1.82, 2.24) is 4.90 Å². The molecule has 2 aromatic rings. The van der Waals surface area contributed by atoms with Gasteiger partial charge in [0.05, 0.1) is 6.26 Å². The molecule has 4 nitrogen and oxygen atoms in total. The quantitative estimate of drug-likeness (QED) is 0.865. The molecule has 0 atom stereocenters. The molecule has 1 aromatic carbocycles. The molecular weight excluding hydrogens is 247 g/mol. The Balaban J connectivity index is 2.17. The van der Waals surface area contributed by atoms with Crippen molar-refractivity contribution in [3.8, 4) is 0 Å². The molecule has 1 amide bonds. The van der Waals surface area contributed by atoms with Crippen LogP contribution in [0.2, 0.25) is 0 Å². The van der Waals surface area contributed by atoms with Gasteiger partial charge in [-0.15, -0.1) is 0 Å². The van der Waals surface area contributed by atoms with E-state index >= 15 is 0 Å². The molecule has 0 saturated carbocycles. The highest BCUT2D eigenvalue weighted by molar-refractivity contribution is 5.94. The summed E-state index contributed by atoms with van der Waals surface area (Å²) in [6, 6.07) is 5.62. The third-order valence-corrected chi connectivity index (χ3v) is 2.89. The zero-order chi connectivity index (χ0) is 14.0. The molecule has 0 saturated heterocycles. The van der Waals surface area contributed by atoms with Gasteiger partial charge < -0.3 is 15.1 Å². The van der Waals surface area contributed by atoms with Crippen molar-refractivity contribution in [1.29, 1.82) is 0 Å². The van der Waals surface area contributed by atoms with Gasteiger partial charge in [-0.2, -0.15) is 0 Å². The highest BCUT2D eigenvalue weighted by Crippen LogP contribution is 2.16. The van der Waals surface area contributed by atoms with Gasteiger partial charge in [-0.25, -0.2) is 4.39 Å². The van der Waals surface area contributed by atoms with Gasteiger partial charge in [-0.05, 0) is 31.2 Å². The van der Waals surface area contributed by atoms with Crippen molar-refractivity contribution < 1.29 is 13.6 Å². The Morgan fingerprint density at radius 1 is 1.42 bits per heavy atom. The Hall–Kier alpha value is -2.30. The number of halogens is 1. The lowest BCUT2D eigenvalue weighted by atomic mass is 10.1. The van der Waals surface area contributed by atoms with Crippen molar-refractivity contribution in [3.63, 3.8) is 0 Å². The monoisotopic (exact) mass is 262 g/mol. The van der Waals surface area contributed by atoms with Crippen LogP contribution in [0.15, 0.2) is 34.9 Å². The number of amides is 1. The Morgan fingerprint density at radius 3 is 2.74 bits per heavy atom. The van der Waals surface area contributed by atoms with Crippen LogP contribution < -0.4 is 5.73 Å². The smallest absolute Gasteiger partial charge is 0.254 e. The van der Waals surface area contributed by atoms with Crippen LogP contribution in [0, 0.1) is 12.7 Å². The Labute approximate surface area is 110 Å². The predicted octanol–water partition coefficient (Wildman–Crippen LogP) is 2.58. The number of hydrogen-bond acceptors (Lipinski definition) is 3. The number of benzene rings is 1. The molecule has 2 rings (SSSR count). The number of hydrogen-bond donors (Lipinski definition) is 1. The van der Waals surface area contributed by atoms with E-state index in [2.05, 4.69) is 0 Å². The van der Waals surface area contributed by atoms with Gasteiger partial charge in [0.25, 0.3) is 5.91 Å². The number of rotatable bonds is 3. The van der Waals surface area contributed by atoms with Crippen LogP contribution in [-0.4, -0.2) is 17.9 Å². The first-order chi connectivity index (χ1) is 8.97. The summed E-state index contributed by atoms with van der Waals surface area (Å²) >= 11 is 0. The van der Waals surface area contributed by atoms with Crippen molar-refractivity contribution in [3.05, 3.63) is 53.2 Å². The summed E-state index contributed by atoms with van der Waals surface area (Å²) in [6.07, 6.45) is 1.57. The average molecular weight is 262 g/mol. The van der Waals surface area contributed by atoms with Crippen LogP contribution in [-0.2, 0) is 6.54 Å². The molecule has 1 aromatic heterocycles. The molecule has 0 unspecified atom stereocenters. The van der Waals surface area contributed by atoms with E-state index in [1.165, 1.54) is 23.1 Å². The van der Waals surface area contributed by atoms with Crippen molar-refractivity contribution in [2.24, 2.45) is 0 Å². The molecule has 0 aliphatic carbocycles. The number of nitrogens with zero attached hydrogens (tertiary/aromatic N) is 1. The lowest BCUT2D eigenvalue weighted by molar-refractivity contribution is 0.0784. The highest BCUT2D eigenvalue weighted by Gasteiger charge is 2.15. The van der Waals surface area contributed by atoms with E-state index in [1.54, 1.807) is 19.4 Å². The fraction of sp³-hybridized carbons (Fsp3) is 0.214. The molecule has 0 aliphatic rings. The standard InChI is InChI=1S/C14H15FN2O2/c1-9-10(3-4-19-9)8-17(2)14(18)11-5-12(15)7-13(16)6-11/h3-7H,8,16H2,1-2H3. The Kier molecular flexibility index (Phi) is 3.55. The minimum Gasteiger partial charge on any atom is -0.469 e. The highest BCUT2D eigenvalue weighted by atomic mass is 19.1. The summed E-state index contributed by atoms with van der Waals surface area (Å²) in [6.45, 7) is 2.23. The summed E-state index contributed by atoms with van der Waals surface area (Å²) in [5, 5.41) is 0. The van der Waals surface area contributed by atoms with E-state index in [-0.39, 0.29) is 17.2 Å². The van der Waals surface area contributed by atoms with E-state index in [0.29, 0.717) is 6.54 Å². The maximum absolute atomic E-state index is 13.2. The number of furan rings is 1. The van der Waals surface area contributed by atoms with E-state index in [9.17, 15) is 9.18 Å². The number of nitrogen functional groups attached to an aromatic ring is 1. The number of carbonyl (C=O) groups excluding carboxylic acids is 1. The topological polar surface area (TPSA) is 59.5 Å². The van der Waals surface area contributed by atoms with Gasteiger partial charge in [0, 0.05) is 30.4 Å². The molecule has 0 radical (unpaired) electrons. The molecule has 0 bridgehead atoms. The summed E-state index contributed by atoms with van der Waals surface area (Å²) in [7, 11) is 1.65. The zero-order valence-corrected chi connectivity index (χ0v) is 10.8. The SMILES string of the molecule is Cc1occc1CN(C)C(=O)c1cc(N)cc(F)c1. The first-order valence-corrected chi connectivity index (χ1v) is 5.82. The molecule has 100 valence electrons. The minimum atomic E-state index is -0.517. The second-order valence-electron chi connectivity index (χ2n) is 4.44. The second-order valence-corrected chi connectivity index (χ2v) is 4.44. The number of nitrogens with two attached hydrogens (primary N) is 1. The van der Waals surface area contributed by atoms with E-state index in [0.717, 1.165) is 11.3 Å². The predicted molar refractivity (Wildman–Crippen MR) is 70.1 cm³/mol. The zero-order valence-electron chi connectivity index (χ0n) is 10.8. The minimum absolute atomic E-state index is 0.233. The van der Waals surface area contributed by atoms with E-state index in [4.69, 9.17) is 10.2 Å². The Bertz CT molecular complexity index is 587. The normalized spacial score (nSPS) is 10.5. The largest absolute Gasteiger partial charge is 0.469 e. The van der Waals surface area contributed by atoms with Crippen LogP contribution >= 0.6 is 0 Å². The first kappa shape index (κ1) is 13.1. The van der Waals surface area contributed by atoms with Gasteiger partial charge in [0.2, 0.25) is 0 Å². The first-order valence-electron chi connectivity index (χ1n) is 5.82. The van der Waals surface area contributed by atoms with Gasteiger partial charge in [-0.1, -0.05) is 0 Å². The van der Waals surface area contributed by atoms with E-state index < -0.39 is 5.82 Å². The number of aryl methyl sites for hydroxylation is 1. The van der Waals surface area contributed by atoms with Crippen LogP contribution in [0.5, 0.6) is 0 Å². The maximum atomic E-state index is 13.2. The average Bonchev–Trinajstić information content (AvgIpc) is 2.72.